The number of carbonyl (C=O) groups is 2. The topological polar surface area (TPSA) is 65.5 Å². The molecule has 1 aromatic carbocycles. The molecule has 1 N–H and O–H groups in total. The van der Waals surface area contributed by atoms with E-state index in [1.807, 2.05) is 46.2 Å². The summed E-state index contributed by atoms with van der Waals surface area (Å²) in [7, 11) is 0. The largest absolute Gasteiger partial charge is 0.339 e. The highest BCUT2D eigenvalue weighted by Crippen LogP contribution is 2.29. The standard InChI is InChI=1S/C25H32N4O2/c30-24(28-16-4-2-5-17-28)22-10-8-20(9-11-22)19-27-25(31)29-18-6-1-3-7-23(29)21-12-14-26-15-13-21/h8-15,23H,1-7,16-19H2,(H,27,31). The Bertz CT molecular complexity index is 863. The lowest BCUT2D eigenvalue weighted by molar-refractivity contribution is 0.0724. The van der Waals surface area contributed by atoms with Crippen LogP contribution in [0.5, 0.6) is 0 Å². The van der Waals surface area contributed by atoms with Crippen LogP contribution in [0.3, 0.4) is 0 Å². The van der Waals surface area contributed by atoms with Gasteiger partial charge in [0.15, 0.2) is 0 Å². The van der Waals surface area contributed by atoms with E-state index in [2.05, 4.69) is 10.3 Å². The zero-order valence-electron chi connectivity index (χ0n) is 18.1. The van der Waals surface area contributed by atoms with E-state index < -0.39 is 0 Å². The van der Waals surface area contributed by atoms with E-state index >= 15 is 0 Å². The lowest BCUT2D eigenvalue weighted by Crippen LogP contribution is -2.42. The van der Waals surface area contributed by atoms with Crippen molar-refractivity contribution in [3.63, 3.8) is 0 Å². The molecule has 2 aliphatic rings. The van der Waals surface area contributed by atoms with E-state index in [-0.39, 0.29) is 18.0 Å². The second kappa shape index (κ2) is 10.4. The van der Waals surface area contributed by atoms with Crippen molar-refractivity contribution in [2.75, 3.05) is 19.6 Å². The normalized spacial score (nSPS) is 19.5. The van der Waals surface area contributed by atoms with Crippen molar-refractivity contribution >= 4 is 11.9 Å². The van der Waals surface area contributed by atoms with Crippen molar-refractivity contribution in [2.24, 2.45) is 0 Å². The van der Waals surface area contributed by atoms with Gasteiger partial charge < -0.3 is 15.1 Å². The average molecular weight is 421 g/mol. The Labute approximate surface area is 184 Å². The predicted octanol–water partition coefficient (Wildman–Crippen LogP) is 4.53. The summed E-state index contributed by atoms with van der Waals surface area (Å²) in [5.41, 5.74) is 2.87. The highest BCUT2D eigenvalue weighted by molar-refractivity contribution is 5.94. The summed E-state index contributed by atoms with van der Waals surface area (Å²) in [6, 6.07) is 11.7. The van der Waals surface area contributed by atoms with Gasteiger partial charge in [-0.15, -0.1) is 0 Å². The summed E-state index contributed by atoms with van der Waals surface area (Å²) in [5, 5.41) is 3.08. The third kappa shape index (κ3) is 5.43. The smallest absolute Gasteiger partial charge is 0.318 e. The van der Waals surface area contributed by atoms with E-state index in [1.54, 1.807) is 12.4 Å². The molecule has 3 amide bonds. The molecule has 0 radical (unpaired) electrons. The Hall–Kier alpha value is -2.89. The van der Waals surface area contributed by atoms with Crippen LogP contribution in [0.1, 0.15) is 72.5 Å². The Morgan fingerprint density at radius 1 is 0.871 bits per heavy atom. The molecule has 0 aliphatic carbocycles. The van der Waals surface area contributed by atoms with Crippen LogP contribution < -0.4 is 5.32 Å². The van der Waals surface area contributed by atoms with Crippen molar-refractivity contribution in [1.29, 1.82) is 0 Å². The first-order valence-corrected chi connectivity index (χ1v) is 11.5. The molecule has 0 spiro atoms. The van der Waals surface area contributed by atoms with E-state index in [9.17, 15) is 9.59 Å². The molecular formula is C25H32N4O2. The molecule has 2 aliphatic heterocycles. The fourth-order valence-electron chi connectivity index (χ4n) is 4.61. The predicted molar refractivity (Wildman–Crippen MR) is 121 cm³/mol. The van der Waals surface area contributed by atoms with Crippen LogP contribution in [0.15, 0.2) is 48.8 Å². The highest BCUT2D eigenvalue weighted by Gasteiger charge is 2.26. The number of likely N-dealkylation sites (tertiary alicyclic amines) is 2. The van der Waals surface area contributed by atoms with E-state index in [1.165, 1.54) is 6.42 Å². The molecule has 4 rings (SSSR count). The number of urea groups is 1. The highest BCUT2D eigenvalue weighted by atomic mass is 16.2. The number of nitrogens with one attached hydrogen (secondary N) is 1. The van der Waals surface area contributed by atoms with Gasteiger partial charge >= 0.3 is 6.03 Å². The van der Waals surface area contributed by atoms with Gasteiger partial charge in [-0.05, 0) is 67.5 Å². The Balaban J connectivity index is 1.36. The van der Waals surface area contributed by atoms with Crippen LogP contribution in [0.4, 0.5) is 4.79 Å². The summed E-state index contributed by atoms with van der Waals surface area (Å²) in [6.07, 6.45) is 11.3. The molecule has 2 fully saturated rings. The summed E-state index contributed by atoms with van der Waals surface area (Å²) in [5.74, 6) is 0.111. The van der Waals surface area contributed by atoms with Gasteiger partial charge in [-0.3, -0.25) is 9.78 Å². The average Bonchev–Trinajstić information content (AvgIpc) is 3.10. The summed E-state index contributed by atoms with van der Waals surface area (Å²) >= 11 is 0. The molecule has 31 heavy (non-hydrogen) atoms. The molecule has 6 heteroatoms. The minimum absolute atomic E-state index is 0.0304. The number of hydrogen-bond donors (Lipinski definition) is 1. The molecule has 2 saturated heterocycles. The molecule has 0 bridgehead atoms. The number of aromatic nitrogens is 1. The lowest BCUT2D eigenvalue weighted by Gasteiger charge is -2.30. The van der Waals surface area contributed by atoms with E-state index in [0.717, 1.165) is 74.8 Å². The zero-order chi connectivity index (χ0) is 21.5. The van der Waals surface area contributed by atoms with Crippen molar-refractivity contribution in [1.82, 2.24) is 20.1 Å². The first-order chi connectivity index (χ1) is 15.2. The number of amides is 3. The zero-order valence-corrected chi connectivity index (χ0v) is 18.1. The number of piperidine rings is 1. The maximum Gasteiger partial charge on any atom is 0.318 e. The minimum Gasteiger partial charge on any atom is -0.339 e. The van der Waals surface area contributed by atoms with Gasteiger partial charge in [0.1, 0.15) is 0 Å². The molecule has 1 unspecified atom stereocenters. The molecule has 3 heterocycles. The first kappa shape index (κ1) is 21.3. The van der Waals surface area contributed by atoms with Crippen LogP contribution in [0.2, 0.25) is 0 Å². The van der Waals surface area contributed by atoms with Crippen molar-refractivity contribution in [2.45, 2.75) is 57.5 Å². The quantitative estimate of drug-likeness (QED) is 0.790. The fourth-order valence-corrected chi connectivity index (χ4v) is 4.61. The number of pyridine rings is 1. The Kier molecular flexibility index (Phi) is 7.18. The van der Waals surface area contributed by atoms with Gasteiger partial charge in [-0.25, -0.2) is 4.79 Å². The first-order valence-electron chi connectivity index (χ1n) is 11.5. The molecular weight excluding hydrogens is 388 g/mol. The van der Waals surface area contributed by atoms with Crippen LogP contribution >= 0.6 is 0 Å². The SMILES string of the molecule is O=C(c1ccc(CNC(=O)N2CCCCCC2c2ccncc2)cc1)N1CCCCC1. The maximum atomic E-state index is 13.0. The van der Waals surface area contributed by atoms with Crippen molar-refractivity contribution in [3.8, 4) is 0 Å². The Morgan fingerprint density at radius 3 is 2.29 bits per heavy atom. The minimum atomic E-state index is -0.0304. The van der Waals surface area contributed by atoms with Gasteiger partial charge in [0.25, 0.3) is 5.91 Å². The monoisotopic (exact) mass is 420 g/mol. The summed E-state index contributed by atoms with van der Waals surface area (Å²) < 4.78 is 0. The third-order valence-corrected chi connectivity index (χ3v) is 6.39. The van der Waals surface area contributed by atoms with Crippen LogP contribution in [-0.4, -0.2) is 46.4 Å². The van der Waals surface area contributed by atoms with Gasteiger partial charge in [0.2, 0.25) is 0 Å². The number of carbonyl (C=O) groups excluding carboxylic acids is 2. The second-order valence-electron chi connectivity index (χ2n) is 8.55. The van der Waals surface area contributed by atoms with E-state index in [4.69, 9.17) is 0 Å². The Morgan fingerprint density at radius 2 is 1.55 bits per heavy atom. The van der Waals surface area contributed by atoms with Crippen molar-refractivity contribution in [3.05, 3.63) is 65.5 Å². The molecule has 1 aromatic heterocycles. The number of nitrogens with zero attached hydrogens (tertiary/aromatic N) is 3. The van der Waals surface area contributed by atoms with E-state index in [0.29, 0.717) is 6.54 Å². The van der Waals surface area contributed by atoms with Gasteiger partial charge in [-0.1, -0.05) is 25.0 Å². The van der Waals surface area contributed by atoms with Crippen LogP contribution in [0, 0.1) is 0 Å². The lowest BCUT2D eigenvalue weighted by atomic mass is 10.0. The number of hydrogen-bond acceptors (Lipinski definition) is 3. The second-order valence-corrected chi connectivity index (χ2v) is 8.55. The fraction of sp³-hybridized carbons (Fsp3) is 0.480. The van der Waals surface area contributed by atoms with Gasteiger partial charge in [-0.2, -0.15) is 0 Å². The molecule has 164 valence electrons. The molecule has 1 atom stereocenters. The number of benzene rings is 1. The number of rotatable bonds is 4. The molecule has 0 saturated carbocycles. The van der Waals surface area contributed by atoms with Gasteiger partial charge in [0, 0.05) is 44.1 Å². The summed E-state index contributed by atoms with van der Waals surface area (Å²) in [6.45, 7) is 2.93. The molecule has 6 nitrogen and oxygen atoms in total. The molecule has 2 aromatic rings. The van der Waals surface area contributed by atoms with Crippen LogP contribution in [0.25, 0.3) is 0 Å². The van der Waals surface area contributed by atoms with Gasteiger partial charge in [0.05, 0.1) is 6.04 Å². The van der Waals surface area contributed by atoms with Crippen LogP contribution in [-0.2, 0) is 6.54 Å². The van der Waals surface area contributed by atoms with Crippen molar-refractivity contribution < 1.29 is 9.59 Å². The maximum absolute atomic E-state index is 13.0. The third-order valence-electron chi connectivity index (χ3n) is 6.39. The summed E-state index contributed by atoms with van der Waals surface area (Å²) in [4.78, 5) is 33.7.